The molecule has 0 saturated carbocycles. The highest BCUT2D eigenvalue weighted by molar-refractivity contribution is 7.91. The zero-order valence-corrected chi connectivity index (χ0v) is 16.2. The first-order valence-electron chi connectivity index (χ1n) is 7.86. The van der Waals surface area contributed by atoms with Crippen molar-refractivity contribution in [3.8, 4) is 0 Å². The van der Waals surface area contributed by atoms with Crippen LogP contribution in [0.25, 0.3) is 0 Å². The van der Waals surface area contributed by atoms with Crippen molar-refractivity contribution in [1.82, 2.24) is 9.80 Å². The first kappa shape index (κ1) is 20.5. The molecule has 0 aliphatic heterocycles. The molecule has 6 nitrogen and oxygen atoms in total. The van der Waals surface area contributed by atoms with E-state index in [1.807, 2.05) is 0 Å². The highest BCUT2D eigenvalue weighted by Crippen LogP contribution is 2.29. The summed E-state index contributed by atoms with van der Waals surface area (Å²) in [6.45, 7) is 0. The van der Waals surface area contributed by atoms with Gasteiger partial charge in [-0.2, -0.15) is 0 Å². The maximum absolute atomic E-state index is 13.9. The number of aliphatic imine (C=N–C) groups is 2. The van der Waals surface area contributed by atoms with Crippen LogP contribution in [0.5, 0.6) is 0 Å². The molecule has 0 aromatic heterocycles. The quantitative estimate of drug-likeness (QED) is 0.429. The van der Waals surface area contributed by atoms with Gasteiger partial charge in [-0.15, -0.1) is 0 Å². The summed E-state index contributed by atoms with van der Waals surface area (Å²) in [5, 5.41) is 0. The van der Waals surface area contributed by atoms with E-state index < -0.39 is 21.5 Å². The van der Waals surface area contributed by atoms with E-state index in [1.54, 1.807) is 38.0 Å². The number of halogens is 2. The number of nitrogens with zero attached hydrogens (tertiary/aromatic N) is 4. The summed E-state index contributed by atoms with van der Waals surface area (Å²) in [4.78, 5) is 10.7. The Morgan fingerprint density at radius 3 is 1.48 bits per heavy atom. The van der Waals surface area contributed by atoms with E-state index in [2.05, 4.69) is 9.98 Å². The molecule has 0 N–H and O–H groups in total. The number of benzene rings is 2. The average molecular weight is 394 g/mol. The van der Waals surface area contributed by atoms with E-state index in [1.165, 1.54) is 12.7 Å². The minimum atomic E-state index is -4.00. The van der Waals surface area contributed by atoms with Crippen LogP contribution in [0, 0.1) is 11.6 Å². The fourth-order valence-electron chi connectivity index (χ4n) is 2.01. The van der Waals surface area contributed by atoms with Crippen molar-refractivity contribution in [1.29, 1.82) is 0 Å². The lowest BCUT2D eigenvalue weighted by Gasteiger charge is -2.09. The topological polar surface area (TPSA) is 65.3 Å². The lowest BCUT2D eigenvalue weighted by Crippen LogP contribution is -2.07. The van der Waals surface area contributed by atoms with Gasteiger partial charge in [-0.25, -0.2) is 27.2 Å². The van der Waals surface area contributed by atoms with Crippen molar-refractivity contribution in [3.63, 3.8) is 0 Å². The van der Waals surface area contributed by atoms with Gasteiger partial charge in [0.1, 0.15) is 23.0 Å². The summed E-state index contributed by atoms with van der Waals surface area (Å²) in [5.41, 5.74) is -0.226. The zero-order valence-electron chi connectivity index (χ0n) is 15.4. The molecule has 0 radical (unpaired) electrons. The second-order valence-corrected chi connectivity index (χ2v) is 8.10. The van der Waals surface area contributed by atoms with Gasteiger partial charge < -0.3 is 9.80 Å². The van der Waals surface area contributed by atoms with Crippen LogP contribution in [-0.4, -0.2) is 59.1 Å². The molecule has 0 saturated heterocycles. The normalized spacial score (nSPS) is 12.1. The predicted molar refractivity (Wildman–Crippen MR) is 102 cm³/mol. The van der Waals surface area contributed by atoms with Crippen LogP contribution >= 0.6 is 0 Å². The molecule has 0 amide bonds. The van der Waals surface area contributed by atoms with Crippen molar-refractivity contribution >= 4 is 33.9 Å². The zero-order chi connectivity index (χ0) is 20.2. The summed E-state index contributed by atoms with van der Waals surface area (Å²) in [6.07, 6.45) is 2.72. The van der Waals surface area contributed by atoms with Crippen LogP contribution < -0.4 is 0 Å². The van der Waals surface area contributed by atoms with Crippen molar-refractivity contribution in [2.45, 2.75) is 9.79 Å². The third-order valence-electron chi connectivity index (χ3n) is 3.31. The second-order valence-electron chi connectivity index (χ2n) is 6.15. The standard InChI is InChI=1S/C18H20F2N4O2S/c1-23(2)11-21-17-9-13(5-7-15(17)19)27(25,26)14-6-8-16(20)18(10-14)22-12-24(3)4/h5-12H,1-4H3. The molecule has 0 heterocycles. The Hall–Kier alpha value is -2.81. The van der Waals surface area contributed by atoms with Crippen LogP contribution in [-0.2, 0) is 9.84 Å². The number of hydrogen-bond acceptors (Lipinski definition) is 4. The summed E-state index contributed by atoms with van der Waals surface area (Å²) in [5.74, 6) is -1.30. The molecule has 0 aliphatic carbocycles. The summed E-state index contributed by atoms with van der Waals surface area (Å²) in [6, 6.07) is 6.62. The Kier molecular flexibility index (Phi) is 6.27. The van der Waals surface area contributed by atoms with Crippen LogP contribution in [0.3, 0.4) is 0 Å². The third kappa shape index (κ3) is 5.10. The maximum Gasteiger partial charge on any atom is 0.206 e. The van der Waals surface area contributed by atoms with Gasteiger partial charge in [-0.3, -0.25) is 0 Å². The summed E-state index contributed by atoms with van der Waals surface area (Å²) in [7, 11) is 2.82. The molecule has 9 heteroatoms. The van der Waals surface area contributed by atoms with Gasteiger partial charge in [-0.05, 0) is 36.4 Å². The first-order valence-corrected chi connectivity index (χ1v) is 9.35. The van der Waals surface area contributed by atoms with Gasteiger partial charge in [0, 0.05) is 28.2 Å². The number of sulfone groups is 1. The summed E-state index contributed by atoms with van der Waals surface area (Å²) < 4.78 is 53.5. The molecule has 2 aromatic carbocycles. The summed E-state index contributed by atoms with van der Waals surface area (Å²) >= 11 is 0. The molecule has 0 aliphatic rings. The Morgan fingerprint density at radius 2 is 1.15 bits per heavy atom. The van der Waals surface area contributed by atoms with Crippen molar-refractivity contribution in [2.75, 3.05) is 28.2 Å². The smallest absolute Gasteiger partial charge is 0.206 e. The van der Waals surface area contributed by atoms with Crippen molar-refractivity contribution in [3.05, 3.63) is 48.0 Å². The van der Waals surface area contributed by atoms with Crippen molar-refractivity contribution < 1.29 is 17.2 Å². The molecule has 0 bridgehead atoms. The Bertz CT molecular complexity index is 913. The largest absolute Gasteiger partial charge is 0.369 e. The lowest BCUT2D eigenvalue weighted by atomic mass is 10.3. The van der Waals surface area contributed by atoms with Gasteiger partial charge in [0.25, 0.3) is 0 Å². The molecule has 27 heavy (non-hydrogen) atoms. The number of rotatable bonds is 6. The molecule has 0 spiro atoms. The highest BCUT2D eigenvalue weighted by atomic mass is 32.2. The van der Waals surface area contributed by atoms with E-state index in [-0.39, 0.29) is 21.2 Å². The Balaban J connectivity index is 2.50. The molecular formula is C18H20F2N4O2S. The first-order chi connectivity index (χ1) is 12.6. The van der Waals surface area contributed by atoms with E-state index >= 15 is 0 Å². The van der Waals surface area contributed by atoms with E-state index in [9.17, 15) is 17.2 Å². The van der Waals surface area contributed by atoms with Crippen LogP contribution in [0.1, 0.15) is 0 Å². The molecule has 2 aromatic rings. The fourth-order valence-corrected chi connectivity index (χ4v) is 3.31. The van der Waals surface area contributed by atoms with Crippen LogP contribution in [0.15, 0.2) is 56.2 Å². The van der Waals surface area contributed by atoms with Crippen molar-refractivity contribution in [2.24, 2.45) is 9.98 Å². The fraction of sp³-hybridized carbons (Fsp3) is 0.222. The Morgan fingerprint density at radius 1 is 0.778 bits per heavy atom. The molecule has 0 atom stereocenters. The molecular weight excluding hydrogens is 374 g/mol. The minimum Gasteiger partial charge on any atom is -0.369 e. The third-order valence-corrected chi connectivity index (χ3v) is 5.06. The van der Waals surface area contributed by atoms with E-state index in [0.29, 0.717) is 0 Å². The average Bonchev–Trinajstić information content (AvgIpc) is 2.59. The van der Waals surface area contributed by atoms with Gasteiger partial charge in [-0.1, -0.05) is 0 Å². The molecule has 2 rings (SSSR count). The monoisotopic (exact) mass is 394 g/mol. The van der Waals surface area contributed by atoms with E-state index in [4.69, 9.17) is 0 Å². The second kappa shape index (κ2) is 8.26. The number of hydrogen-bond donors (Lipinski definition) is 0. The van der Waals surface area contributed by atoms with Crippen LogP contribution in [0.2, 0.25) is 0 Å². The van der Waals surface area contributed by atoms with E-state index in [0.717, 1.165) is 36.4 Å². The van der Waals surface area contributed by atoms with Gasteiger partial charge >= 0.3 is 0 Å². The minimum absolute atomic E-state index is 0.113. The molecule has 0 fully saturated rings. The Labute approximate surface area is 157 Å². The van der Waals surface area contributed by atoms with Gasteiger partial charge in [0.15, 0.2) is 0 Å². The maximum atomic E-state index is 13.9. The molecule has 144 valence electrons. The van der Waals surface area contributed by atoms with Crippen LogP contribution in [0.4, 0.5) is 20.2 Å². The lowest BCUT2D eigenvalue weighted by molar-refractivity contribution is 0.593. The van der Waals surface area contributed by atoms with Gasteiger partial charge in [0.2, 0.25) is 9.84 Å². The van der Waals surface area contributed by atoms with Gasteiger partial charge in [0.05, 0.1) is 22.5 Å². The predicted octanol–water partition coefficient (Wildman–Crippen LogP) is 3.24. The highest BCUT2D eigenvalue weighted by Gasteiger charge is 2.20. The SMILES string of the molecule is CN(C)C=Nc1cc(S(=O)(=O)c2ccc(F)c(N=CN(C)C)c2)ccc1F. The molecule has 0 unspecified atom stereocenters.